The molecule has 0 amide bonds. The molecule has 0 fully saturated rings. The third-order valence-electron chi connectivity index (χ3n) is 3.16. The van der Waals surface area contributed by atoms with Crippen LogP contribution in [-0.2, 0) is 0 Å². The lowest BCUT2D eigenvalue weighted by atomic mass is 10.1. The number of anilines is 1. The van der Waals surface area contributed by atoms with Crippen LogP contribution in [0.3, 0.4) is 0 Å². The van der Waals surface area contributed by atoms with E-state index in [1.54, 1.807) is 7.11 Å². The number of halogens is 2. The van der Waals surface area contributed by atoms with Gasteiger partial charge in [0.2, 0.25) is 0 Å². The van der Waals surface area contributed by atoms with Crippen LogP contribution in [0.25, 0.3) is 0 Å². The molecule has 3 nitrogen and oxygen atoms in total. The van der Waals surface area contributed by atoms with Crippen molar-refractivity contribution in [2.45, 2.75) is 13.0 Å². The Hall–Kier alpha value is -1.04. The van der Waals surface area contributed by atoms with E-state index >= 15 is 0 Å². The third-order valence-corrected chi connectivity index (χ3v) is 4.41. The van der Waals surface area contributed by atoms with Crippen molar-refractivity contribution in [3.05, 3.63) is 56.5 Å². The molecule has 2 rings (SSSR count). The van der Waals surface area contributed by atoms with Crippen molar-refractivity contribution in [3.8, 4) is 5.75 Å². The molecule has 21 heavy (non-hydrogen) atoms. The average molecular weight is 415 g/mol. The minimum atomic E-state index is -0.587. The monoisotopic (exact) mass is 413 g/mol. The Labute approximate surface area is 141 Å². The Balaban J connectivity index is 2.05. The van der Waals surface area contributed by atoms with Gasteiger partial charge in [0, 0.05) is 15.5 Å². The molecule has 0 saturated carbocycles. The standard InChI is InChI=1S/C16H17Br2NO2/c1-10-7-13(17)16(14(18)8-10)19-9-15(20)11-3-5-12(21-2)6-4-11/h3-8,15,19-20H,9H2,1-2H3. The largest absolute Gasteiger partial charge is 0.497 e. The van der Waals surface area contributed by atoms with Crippen molar-refractivity contribution in [1.82, 2.24) is 0 Å². The molecule has 0 saturated heterocycles. The lowest BCUT2D eigenvalue weighted by Gasteiger charge is -2.16. The van der Waals surface area contributed by atoms with Crippen LogP contribution < -0.4 is 10.1 Å². The van der Waals surface area contributed by atoms with Gasteiger partial charge in [-0.1, -0.05) is 12.1 Å². The van der Waals surface area contributed by atoms with Crippen LogP contribution in [0.5, 0.6) is 5.75 Å². The van der Waals surface area contributed by atoms with E-state index in [9.17, 15) is 5.11 Å². The van der Waals surface area contributed by atoms with E-state index in [4.69, 9.17) is 4.74 Å². The maximum Gasteiger partial charge on any atom is 0.118 e. The smallest absolute Gasteiger partial charge is 0.118 e. The first kappa shape index (κ1) is 16.3. The van der Waals surface area contributed by atoms with Gasteiger partial charge < -0.3 is 15.2 Å². The van der Waals surface area contributed by atoms with Crippen molar-refractivity contribution in [3.63, 3.8) is 0 Å². The van der Waals surface area contributed by atoms with Crippen LogP contribution in [0, 0.1) is 6.92 Å². The van der Waals surface area contributed by atoms with Crippen LogP contribution in [0.4, 0.5) is 5.69 Å². The van der Waals surface area contributed by atoms with E-state index in [2.05, 4.69) is 37.2 Å². The fourth-order valence-electron chi connectivity index (χ4n) is 2.01. The molecule has 0 heterocycles. The molecular formula is C16H17Br2NO2. The second kappa shape index (κ2) is 7.29. The number of methoxy groups -OCH3 is 1. The Bertz CT molecular complexity index is 591. The topological polar surface area (TPSA) is 41.5 Å². The zero-order chi connectivity index (χ0) is 15.4. The Morgan fingerprint density at radius 3 is 2.24 bits per heavy atom. The zero-order valence-corrected chi connectivity index (χ0v) is 15.0. The van der Waals surface area contributed by atoms with Crippen molar-refractivity contribution in [2.24, 2.45) is 0 Å². The van der Waals surface area contributed by atoms with Crippen LogP contribution in [0.2, 0.25) is 0 Å². The molecular weight excluding hydrogens is 398 g/mol. The SMILES string of the molecule is COc1ccc(C(O)CNc2c(Br)cc(C)cc2Br)cc1. The Kier molecular flexibility index (Phi) is 5.67. The van der Waals surface area contributed by atoms with Crippen molar-refractivity contribution < 1.29 is 9.84 Å². The predicted molar refractivity (Wildman–Crippen MR) is 93.0 cm³/mol. The minimum absolute atomic E-state index is 0.423. The van der Waals surface area contributed by atoms with Gasteiger partial charge in [-0.15, -0.1) is 0 Å². The zero-order valence-electron chi connectivity index (χ0n) is 11.9. The summed E-state index contributed by atoms with van der Waals surface area (Å²) in [4.78, 5) is 0. The second-order valence-electron chi connectivity index (χ2n) is 4.77. The molecule has 112 valence electrons. The molecule has 0 aliphatic heterocycles. The van der Waals surface area contributed by atoms with Crippen molar-refractivity contribution in [2.75, 3.05) is 19.0 Å². The number of nitrogens with one attached hydrogen (secondary N) is 1. The summed E-state index contributed by atoms with van der Waals surface area (Å²) in [5, 5.41) is 13.5. The van der Waals surface area contributed by atoms with E-state index in [0.717, 1.165) is 31.5 Å². The highest BCUT2D eigenvalue weighted by Crippen LogP contribution is 2.32. The quantitative estimate of drug-likeness (QED) is 0.746. The lowest BCUT2D eigenvalue weighted by Crippen LogP contribution is -2.12. The number of aliphatic hydroxyl groups excluding tert-OH is 1. The fraction of sp³-hybridized carbons (Fsp3) is 0.250. The molecule has 0 bridgehead atoms. The highest BCUT2D eigenvalue weighted by atomic mass is 79.9. The summed E-state index contributed by atoms with van der Waals surface area (Å²) < 4.78 is 7.05. The summed E-state index contributed by atoms with van der Waals surface area (Å²) >= 11 is 7.07. The number of hydrogen-bond acceptors (Lipinski definition) is 3. The molecule has 1 unspecified atom stereocenters. The molecule has 0 radical (unpaired) electrons. The van der Waals surface area contributed by atoms with Gasteiger partial charge in [-0.2, -0.15) is 0 Å². The van der Waals surface area contributed by atoms with E-state index in [1.165, 1.54) is 0 Å². The van der Waals surface area contributed by atoms with Gasteiger partial charge >= 0.3 is 0 Å². The Morgan fingerprint density at radius 1 is 1.14 bits per heavy atom. The van der Waals surface area contributed by atoms with Crippen LogP contribution in [-0.4, -0.2) is 18.8 Å². The van der Waals surface area contributed by atoms with E-state index < -0.39 is 6.10 Å². The first-order valence-corrected chi connectivity index (χ1v) is 8.11. The predicted octanol–water partition coefficient (Wildman–Crippen LogP) is 4.67. The van der Waals surface area contributed by atoms with Crippen molar-refractivity contribution in [1.29, 1.82) is 0 Å². The molecule has 5 heteroatoms. The van der Waals surface area contributed by atoms with Crippen molar-refractivity contribution >= 4 is 37.5 Å². The highest BCUT2D eigenvalue weighted by molar-refractivity contribution is 9.11. The maximum absolute atomic E-state index is 10.2. The highest BCUT2D eigenvalue weighted by Gasteiger charge is 2.11. The van der Waals surface area contributed by atoms with Gasteiger partial charge in [-0.05, 0) is 74.2 Å². The molecule has 0 spiro atoms. The van der Waals surface area contributed by atoms with Gasteiger partial charge in [-0.25, -0.2) is 0 Å². The first-order chi connectivity index (χ1) is 10.0. The lowest BCUT2D eigenvalue weighted by molar-refractivity contribution is 0.191. The number of benzene rings is 2. The van der Waals surface area contributed by atoms with E-state index in [0.29, 0.717) is 6.54 Å². The summed E-state index contributed by atoms with van der Waals surface area (Å²) in [6.45, 7) is 2.46. The van der Waals surface area contributed by atoms with Crippen LogP contribution >= 0.6 is 31.9 Å². The van der Waals surface area contributed by atoms with Gasteiger partial charge in [0.15, 0.2) is 0 Å². The Morgan fingerprint density at radius 2 is 1.71 bits per heavy atom. The summed E-state index contributed by atoms with van der Waals surface area (Å²) in [6.07, 6.45) is -0.587. The van der Waals surface area contributed by atoms with Gasteiger partial charge in [0.25, 0.3) is 0 Å². The fourth-order valence-corrected chi connectivity index (χ4v) is 3.71. The second-order valence-corrected chi connectivity index (χ2v) is 6.48. The average Bonchev–Trinajstić information content (AvgIpc) is 2.46. The van der Waals surface area contributed by atoms with Gasteiger partial charge in [0.05, 0.1) is 18.9 Å². The first-order valence-electron chi connectivity index (χ1n) is 6.53. The van der Waals surface area contributed by atoms with E-state index in [-0.39, 0.29) is 0 Å². The van der Waals surface area contributed by atoms with Crippen LogP contribution in [0.1, 0.15) is 17.2 Å². The molecule has 0 aliphatic rings. The van der Waals surface area contributed by atoms with Crippen LogP contribution in [0.15, 0.2) is 45.3 Å². The summed E-state index contributed by atoms with van der Waals surface area (Å²) in [7, 11) is 1.62. The molecule has 0 aromatic heterocycles. The summed E-state index contributed by atoms with van der Waals surface area (Å²) in [6, 6.07) is 11.5. The summed E-state index contributed by atoms with van der Waals surface area (Å²) in [5.74, 6) is 0.780. The van der Waals surface area contributed by atoms with Gasteiger partial charge in [-0.3, -0.25) is 0 Å². The number of hydrogen-bond donors (Lipinski definition) is 2. The molecule has 2 aromatic carbocycles. The molecule has 2 N–H and O–H groups in total. The number of ether oxygens (including phenoxy) is 1. The normalized spacial score (nSPS) is 12.0. The van der Waals surface area contributed by atoms with Gasteiger partial charge in [0.1, 0.15) is 5.75 Å². The number of aryl methyl sites for hydroxylation is 1. The molecule has 2 aromatic rings. The molecule has 1 atom stereocenters. The van der Waals surface area contributed by atoms with E-state index in [1.807, 2.05) is 43.3 Å². The maximum atomic E-state index is 10.2. The summed E-state index contributed by atoms with van der Waals surface area (Å²) in [5.41, 5.74) is 2.95. The number of aliphatic hydroxyl groups is 1. The molecule has 0 aliphatic carbocycles. The number of rotatable bonds is 5. The third kappa shape index (κ3) is 4.22. The minimum Gasteiger partial charge on any atom is -0.497 e.